The highest BCUT2D eigenvalue weighted by atomic mass is 28.4. The Morgan fingerprint density at radius 2 is 1.60 bits per heavy atom. The van der Waals surface area contributed by atoms with E-state index < -0.39 is 28.3 Å². The van der Waals surface area contributed by atoms with Crippen molar-refractivity contribution < 1.29 is 23.4 Å². The van der Waals surface area contributed by atoms with Crippen molar-refractivity contribution in [2.75, 3.05) is 13.2 Å². The molecule has 2 atom stereocenters. The van der Waals surface area contributed by atoms with E-state index in [1.807, 2.05) is 13.8 Å². The highest BCUT2D eigenvalue weighted by Gasteiger charge is 2.39. The first-order valence-electron chi connectivity index (χ1n) is 9.12. The van der Waals surface area contributed by atoms with Gasteiger partial charge in [0.25, 0.3) is 0 Å². The Labute approximate surface area is 159 Å². The van der Waals surface area contributed by atoms with Gasteiger partial charge in [0.15, 0.2) is 22.9 Å². The Bertz CT molecular complexity index is 388. The maximum absolute atomic E-state index is 9.95. The minimum absolute atomic E-state index is 0.278. The molecule has 0 radical (unpaired) electrons. The van der Waals surface area contributed by atoms with E-state index in [0.717, 1.165) is 15.8 Å². The second-order valence-electron chi connectivity index (χ2n) is 8.86. The van der Waals surface area contributed by atoms with Gasteiger partial charge in [-0.1, -0.05) is 19.1 Å². The minimum Gasteiger partial charge on any atom is -0.395 e. The van der Waals surface area contributed by atoms with Crippen LogP contribution in [0.2, 0.25) is 39.3 Å². The van der Waals surface area contributed by atoms with Crippen LogP contribution in [0.15, 0.2) is 12.2 Å². The molecule has 0 spiro atoms. The first kappa shape index (κ1) is 25.2. The molecule has 0 rings (SSSR count). The zero-order valence-corrected chi connectivity index (χ0v) is 21.8. The van der Waals surface area contributed by atoms with Gasteiger partial charge >= 0.3 is 0 Å². The van der Waals surface area contributed by atoms with E-state index in [0.29, 0.717) is 26.1 Å². The molecule has 2 unspecified atom stereocenters. The van der Waals surface area contributed by atoms with Gasteiger partial charge in [0.2, 0.25) is 0 Å². The fourth-order valence-corrected chi connectivity index (χ4v) is 9.70. The van der Waals surface area contributed by atoms with Crippen LogP contribution >= 0.6 is 0 Å². The van der Waals surface area contributed by atoms with Gasteiger partial charge in [0, 0.05) is 6.42 Å². The lowest BCUT2D eigenvalue weighted by Gasteiger charge is -2.42. The summed E-state index contributed by atoms with van der Waals surface area (Å²) in [5, 5.41) is 9.95. The summed E-state index contributed by atoms with van der Waals surface area (Å²) in [5.41, 5.74) is 0.350. The maximum Gasteiger partial charge on any atom is 0.187 e. The van der Waals surface area contributed by atoms with Crippen LogP contribution in [-0.2, 0) is 18.3 Å². The van der Waals surface area contributed by atoms with Crippen LogP contribution in [0.5, 0.6) is 0 Å². The highest BCUT2D eigenvalue weighted by Crippen LogP contribution is 2.27. The first-order chi connectivity index (χ1) is 11.2. The summed E-state index contributed by atoms with van der Waals surface area (Å²) in [6, 6.07) is 0. The molecule has 0 aromatic carbocycles. The van der Waals surface area contributed by atoms with Crippen molar-refractivity contribution in [3.8, 4) is 0 Å². The quantitative estimate of drug-likeness (QED) is 0.288. The summed E-state index contributed by atoms with van der Waals surface area (Å²) in [5.74, 6) is 0. The van der Waals surface area contributed by atoms with Crippen molar-refractivity contribution in [1.29, 1.82) is 0 Å². The predicted octanol–water partition coefficient (Wildman–Crippen LogP) is 2.81. The number of aliphatic hydroxyl groups is 1. The normalized spacial score (nSPS) is 16.0. The molecule has 0 aliphatic carbocycles. The summed E-state index contributed by atoms with van der Waals surface area (Å²) in [6.45, 7) is 21.6. The van der Waals surface area contributed by atoms with Gasteiger partial charge in [-0.3, -0.25) is 0 Å². The Balaban J connectivity index is 5.21. The van der Waals surface area contributed by atoms with Crippen molar-refractivity contribution in [1.82, 2.24) is 0 Å². The van der Waals surface area contributed by atoms with Crippen LogP contribution in [0.3, 0.4) is 0 Å². The Kier molecular flexibility index (Phi) is 10.6. The van der Waals surface area contributed by atoms with Crippen LogP contribution in [0.1, 0.15) is 26.7 Å². The average molecular weight is 409 g/mol. The van der Waals surface area contributed by atoms with Gasteiger partial charge in [-0.05, 0) is 52.6 Å². The maximum atomic E-state index is 9.95. The van der Waals surface area contributed by atoms with Crippen LogP contribution in [-0.4, -0.2) is 63.0 Å². The fourth-order valence-electron chi connectivity index (χ4n) is 2.64. The summed E-state index contributed by atoms with van der Waals surface area (Å²) >= 11 is 0. The highest BCUT2D eigenvalue weighted by molar-refractivity contribution is 6.71. The topological polar surface area (TPSA) is 57.2 Å². The number of hydrogen-bond donors (Lipinski definition) is 1. The average Bonchev–Trinajstić information content (AvgIpc) is 2.32. The molecule has 0 aliphatic rings. The number of aliphatic hydroxyl groups excluding tert-OH is 1. The third-order valence-electron chi connectivity index (χ3n) is 2.99. The van der Waals surface area contributed by atoms with E-state index in [9.17, 15) is 5.11 Å². The summed E-state index contributed by atoms with van der Waals surface area (Å²) in [7, 11) is -2.87. The molecule has 25 heavy (non-hydrogen) atoms. The molecule has 0 saturated heterocycles. The third-order valence-corrected chi connectivity index (χ3v) is 6.71. The van der Waals surface area contributed by atoms with Gasteiger partial charge in [-0.15, -0.1) is 0 Å². The van der Waals surface area contributed by atoms with Crippen molar-refractivity contribution >= 4 is 26.9 Å². The van der Waals surface area contributed by atoms with E-state index >= 15 is 0 Å². The van der Waals surface area contributed by atoms with Gasteiger partial charge in [0.05, 0.1) is 29.6 Å². The van der Waals surface area contributed by atoms with Crippen LogP contribution in [0, 0.1) is 0 Å². The fraction of sp³-hybridized carbons (Fsp3) is 0.882. The summed E-state index contributed by atoms with van der Waals surface area (Å²) in [4.78, 5) is 0. The molecular weight excluding hydrogens is 368 g/mol. The Morgan fingerprint density at radius 3 is 1.96 bits per heavy atom. The SMILES string of the molecule is C=C(C)COCC(CC([SiH3])(O[Si](C)(C)C)O[Si](C)(C)C)OC(O)CC. The van der Waals surface area contributed by atoms with E-state index in [4.69, 9.17) is 18.3 Å². The summed E-state index contributed by atoms with van der Waals surface area (Å²) < 4.78 is 24.4. The lowest BCUT2D eigenvalue weighted by atomic mass is 10.2. The Hall–Kier alpha value is 0.191. The number of hydrogen-bond acceptors (Lipinski definition) is 5. The molecule has 1 N–H and O–H groups in total. The molecule has 8 heteroatoms. The van der Waals surface area contributed by atoms with E-state index in [1.165, 1.54) is 0 Å². The van der Waals surface area contributed by atoms with Crippen LogP contribution in [0.25, 0.3) is 0 Å². The second-order valence-corrected chi connectivity index (χ2v) is 19.2. The second kappa shape index (κ2) is 10.5. The lowest BCUT2D eigenvalue weighted by Crippen LogP contribution is -2.53. The summed E-state index contributed by atoms with van der Waals surface area (Å²) in [6.07, 6.45) is 0.0261. The minimum atomic E-state index is -1.80. The zero-order chi connectivity index (χ0) is 19.9. The van der Waals surface area contributed by atoms with Crippen molar-refractivity contribution in [2.45, 2.75) is 83.8 Å². The van der Waals surface area contributed by atoms with Gasteiger partial charge < -0.3 is 23.4 Å². The standard InChI is InChI=1S/C17H40O5Si3/c1-10-16(18)20-15(13-19-12-14(2)3)11-17(23,21-24(4,5)6)22-25(7,8)9/h15-16,18H,2,10-13H2,1,3-9,23H3. The number of ether oxygens (including phenoxy) is 2. The molecule has 150 valence electrons. The largest absolute Gasteiger partial charge is 0.395 e. The zero-order valence-electron chi connectivity index (χ0n) is 17.8. The molecule has 0 bridgehead atoms. The molecule has 0 aromatic rings. The van der Waals surface area contributed by atoms with Gasteiger partial charge in [0.1, 0.15) is 5.41 Å². The molecule has 0 aliphatic heterocycles. The molecule has 0 aromatic heterocycles. The number of rotatable bonds is 13. The van der Waals surface area contributed by atoms with Crippen LogP contribution in [0.4, 0.5) is 0 Å². The predicted molar refractivity (Wildman–Crippen MR) is 113 cm³/mol. The van der Waals surface area contributed by atoms with E-state index in [-0.39, 0.29) is 6.10 Å². The first-order valence-corrected chi connectivity index (χ1v) is 16.9. The molecule has 0 saturated carbocycles. The smallest absolute Gasteiger partial charge is 0.187 e. The molecule has 0 fully saturated rings. The van der Waals surface area contributed by atoms with E-state index in [1.54, 1.807) is 0 Å². The molecule has 0 amide bonds. The van der Waals surface area contributed by atoms with Gasteiger partial charge in [-0.2, -0.15) is 0 Å². The van der Waals surface area contributed by atoms with E-state index in [2.05, 4.69) is 45.9 Å². The van der Waals surface area contributed by atoms with Crippen molar-refractivity contribution in [3.63, 3.8) is 0 Å². The molecule has 0 heterocycles. The van der Waals surface area contributed by atoms with Crippen LogP contribution < -0.4 is 0 Å². The lowest BCUT2D eigenvalue weighted by molar-refractivity contribution is -0.178. The molecule has 5 nitrogen and oxygen atoms in total. The third kappa shape index (κ3) is 14.0. The van der Waals surface area contributed by atoms with Crippen molar-refractivity contribution in [2.24, 2.45) is 0 Å². The monoisotopic (exact) mass is 408 g/mol. The Morgan fingerprint density at radius 1 is 1.12 bits per heavy atom. The van der Waals surface area contributed by atoms with Gasteiger partial charge in [-0.25, -0.2) is 0 Å². The van der Waals surface area contributed by atoms with Crippen molar-refractivity contribution in [3.05, 3.63) is 12.2 Å². The molecular formula is C17H40O5Si3.